The van der Waals surface area contributed by atoms with Gasteiger partial charge in [0.1, 0.15) is 0 Å². The molecule has 0 unspecified atom stereocenters. The van der Waals surface area contributed by atoms with Crippen LogP contribution in [0, 0.1) is 6.92 Å². The molecular formula is C17H23N3O2. The predicted molar refractivity (Wildman–Crippen MR) is 87.0 cm³/mol. The van der Waals surface area contributed by atoms with Crippen molar-refractivity contribution in [1.82, 2.24) is 9.80 Å². The van der Waals surface area contributed by atoms with Gasteiger partial charge in [-0.05, 0) is 25.0 Å². The SMILES string of the molecule is Cc1cccc(/C=C/C(=O)N2CCCN(CC(N)=O)CC2)c1. The topological polar surface area (TPSA) is 66.6 Å². The summed E-state index contributed by atoms with van der Waals surface area (Å²) in [5, 5.41) is 0. The highest BCUT2D eigenvalue weighted by Crippen LogP contribution is 2.08. The lowest BCUT2D eigenvalue weighted by Crippen LogP contribution is -2.37. The molecule has 118 valence electrons. The highest BCUT2D eigenvalue weighted by Gasteiger charge is 2.18. The molecule has 1 aromatic rings. The van der Waals surface area contributed by atoms with Gasteiger partial charge in [0.15, 0.2) is 0 Å². The summed E-state index contributed by atoms with van der Waals surface area (Å²) < 4.78 is 0. The molecule has 0 aromatic heterocycles. The predicted octanol–water partition coefficient (Wildman–Crippen LogP) is 1.03. The highest BCUT2D eigenvalue weighted by molar-refractivity contribution is 5.91. The number of benzene rings is 1. The van der Waals surface area contributed by atoms with Gasteiger partial charge in [-0.15, -0.1) is 0 Å². The molecule has 1 saturated heterocycles. The van der Waals surface area contributed by atoms with E-state index >= 15 is 0 Å². The summed E-state index contributed by atoms with van der Waals surface area (Å²) >= 11 is 0. The normalized spacial score (nSPS) is 16.7. The molecule has 22 heavy (non-hydrogen) atoms. The number of primary amides is 1. The second kappa shape index (κ2) is 7.75. The van der Waals surface area contributed by atoms with Crippen LogP contribution < -0.4 is 5.73 Å². The van der Waals surface area contributed by atoms with Crippen LogP contribution in [0.15, 0.2) is 30.3 Å². The van der Waals surface area contributed by atoms with Crippen molar-refractivity contribution in [3.05, 3.63) is 41.5 Å². The van der Waals surface area contributed by atoms with Crippen molar-refractivity contribution in [2.24, 2.45) is 5.73 Å². The number of aryl methyl sites for hydroxylation is 1. The average molecular weight is 301 g/mol. The first-order valence-corrected chi connectivity index (χ1v) is 7.59. The van der Waals surface area contributed by atoms with E-state index in [4.69, 9.17) is 5.73 Å². The molecule has 1 aliphatic rings. The molecule has 1 aromatic carbocycles. The molecule has 0 spiro atoms. The summed E-state index contributed by atoms with van der Waals surface area (Å²) in [5.74, 6) is -0.304. The van der Waals surface area contributed by atoms with Crippen molar-refractivity contribution in [1.29, 1.82) is 0 Å². The molecule has 0 radical (unpaired) electrons. The maximum Gasteiger partial charge on any atom is 0.246 e. The minimum atomic E-state index is -0.320. The molecule has 0 atom stereocenters. The molecule has 2 rings (SSSR count). The van der Waals surface area contributed by atoms with E-state index in [0.717, 1.165) is 18.5 Å². The summed E-state index contributed by atoms with van der Waals surface area (Å²) in [6.45, 7) is 5.13. The Morgan fingerprint density at radius 3 is 2.77 bits per heavy atom. The van der Waals surface area contributed by atoms with Crippen LogP contribution >= 0.6 is 0 Å². The van der Waals surface area contributed by atoms with Gasteiger partial charge in [0.2, 0.25) is 11.8 Å². The first kappa shape index (κ1) is 16.2. The van der Waals surface area contributed by atoms with Gasteiger partial charge < -0.3 is 10.6 Å². The summed E-state index contributed by atoms with van der Waals surface area (Å²) in [7, 11) is 0. The van der Waals surface area contributed by atoms with Crippen molar-refractivity contribution in [3.8, 4) is 0 Å². The number of carbonyl (C=O) groups excluding carboxylic acids is 2. The van der Waals surface area contributed by atoms with E-state index < -0.39 is 0 Å². The van der Waals surface area contributed by atoms with E-state index in [0.29, 0.717) is 19.6 Å². The molecule has 1 aliphatic heterocycles. The van der Waals surface area contributed by atoms with Gasteiger partial charge >= 0.3 is 0 Å². The van der Waals surface area contributed by atoms with Gasteiger partial charge in [-0.2, -0.15) is 0 Å². The summed E-state index contributed by atoms with van der Waals surface area (Å²) in [6, 6.07) is 8.03. The average Bonchev–Trinajstić information content (AvgIpc) is 2.70. The molecule has 0 bridgehead atoms. The van der Waals surface area contributed by atoms with Gasteiger partial charge in [-0.1, -0.05) is 29.8 Å². The van der Waals surface area contributed by atoms with Crippen molar-refractivity contribution < 1.29 is 9.59 Å². The lowest BCUT2D eigenvalue weighted by atomic mass is 10.1. The maximum atomic E-state index is 12.3. The monoisotopic (exact) mass is 301 g/mol. The van der Waals surface area contributed by atoms with Gasteiger partial charge in [0, 0.05) is 32.3 Å². The zero-order valence-corrected chi connectivity index (χ0v) is 13.0. The zero-order chi connectivity index (χ0) is 15.9. The molecule has 5 nitrogen and oxygen atoms in total. The Morgan fingerprint density at radius 1 is 1.23 bits per heavy atom. The standard InChI is InChI=1S/C17H23N3O2/c1-14-4-2-5-15(12-14)6-7-17(22)20-9-3-8-19(10-11-20)13-16(18)21/h2,4-7,12H,3,8-11,13H2,1H3,(H2,18,21)/b7-6+. The molecule has 0 saturated carbocycles. The molecule has 2 N–H and O–H groups in total. The number of hydrogen-bond donors (Lipinski definition) is 1. The zero-order valence-electron chi connectivity index (χ0n) is 13.0. The van der Waals surface area contributed by atoms with Crippen molar-refractivity contribution >= 4 is 17.9 Å². The highest BCUT2D eigenvalue weighted by atomic mass is 16.2. The van der Waals surface area contributed by atoms with Gasteiger partial charge in [-0.25, -0.2) is 0 Å². The Kier molecular flexibility index (Phi) is 5.72. The number of amides is 2. The van der Waals surface area contributed by atoms with Gasteiger partial charge in [0.05, 0.1) is 6.54 Å². The van der Waals surface area contributed by atoms with Crippen LogP contribution in [-0.4, -0.2) is 54.3 Å². The van der Waals surface area contributed by atoms with Crippen LogP contribution in [0.1, 0.15) is 17.5 Å². The van der Waals surface area contributed by atoms with Gasteiger partial charge in [0.25, 0.3) is 0 Å². The second-order valence-corrected chi connectivity index (χ2v) is 5.67. The first-order chi connectivity index (χ1) is 10.5. The Morgan fingerprint density at radius 2 is 2.05 bits per heavy atom. The lowest BCUT2D eigenvalue weighted by molar-refractivity contribution is -0.125. The summed E-state index contributed by atoms with van der Waals surface area (Å²) in [4.78, 5) is 27.1. The minimum Gasteiger partial charge on any atom is -0.369 e. The number of carbonyl (C=O) groups is 2. The second-order valence-electron chi connectivity index (χ2n) is 5.67. The van der Waals surface area contributed by atoms with Crippen LogP contribution in [0.4, 0.5) is 0 Å². The molecule has 1 fully saturated rings. The smallest absolute Gasteiger partial charge is 0.246 e. The number of nitrogens with zero attached hydrogens (tertiary/aromatic N) is 2. The lowest BCUT2D eigenvalue weighted by Gasteiger charge is -2.19. The van der Waals surface area contributed by atoms with Crippen LogP contribution in [-0.2, 0) is 9.59 Å². The Bertz CT molecular complexity index is 569. The maximum absolute atomic E-state index is 12.3. The fourth-order valence-corrected chi connectivity index (χ4v) is 2.62. The Balaban J connectivity index is 1.91. The first-order valence-electron chi connectivity index (χ1n) is 7.59. The minimum absolute atomic E-state index is 0.0161. The fourth-order valence-electron chi connectivity index (χ4n) is 2.62. The summed E-state index contributed by atoms with van der Waals surface area (Å²) in [6.07, 6.45) is 4.33. The summed E-state index contributed by atoms with van der Waals surface area (Å²) in [5.41, 5.74) is 7.42. The largest absolute Gasteiger partial charge is 0.369 e. The fraction of sp³-hybridized carbons (Fsp3) is 0.412. The molecule has 5 heteroatoms. The molecule has 0 aliphatic carbocycles. The van der Waals surface area contributed by atoms with Crippen molar-refractivity contribution in [2.45, 2.75) is 13.3 Å². The van der Waals surface area contributed by atoms with E-state index in [1.807, 2.05) is 47.1 Å². The van der Waals surface area contributed by atoms with Crippen molar-refractivity contribution in [2.75, 3.05) is 32.7 Å². The van der Waals surface area contributed by atoms with E-state index in [2.05, 4.69) is 0 Å². The van der Waals surface area contributed by atoms with E-state index in [-0.39, 0.29) is 18.4 Å². The number of nitrogens with two attached hydrogens (primary N) is 1. The third-order valence-corrected chi connectivity index (χ3v) is 3.74. The Labute approximate surface area is 131 Å². The molecule has 2 amide bonds. The van der Waals surface area contributed by atoms with Crippen LogP contribution in [0.2, 0.25) is 0 Å². The van der Waals surface area contributed by atoms with Crippen LogP contribution in [0.5, 0.6) is 0 Å². The van der Waals surface area contributed by atoms with E-state index in [1.54, 1.807) is 6.08 Å². The van der Waals surface area contributed by atoms with Crippen molar-refractivity contribution in [3.63, 3.8) is 0 Å². The van der Waals surface area contributed by atoms with E-state index in [1.165, 1.54) is 5.56 Å². The molecular weight excluding hydrogens is 278 g/mol. The number of rotatable bonds is 4. The van der Waals surface area contributed by atoms with Crippen LogP contribution in [0.25, 0.3) is 6.08 Å². The Hall–Kier alpha value is -2.14. The van der Waals surface area contributed by atoms with Crippen LogP contribution in [0.3, 0.4) is 0 Å². The third-order valence-electron chi connectivity index (χ3n) is 3.74. The third kappa shape index (κ3) is 5.00. The van der Waals surface area contributed by atoms with E-state index in [9.17, 15) is 9.59 Å². The quantitative estimate of drug-likeness (QED) is 0.845. The number of hydrogen-bond acceptors (Lipinski definition) is 3. The van der Waals surface area contributed by atoms with Gasteiger partial charge in [-0.3, -0.25) is 14.5 Å². The molecule has 1 heterocycles.